The molecule has 0 aromatic heterocycles. The van der Waals surface area contributed by atoms with Gasteiger partial charge in [0.25, 0.3) is 5.91 Å². The molecule has 0 heterocycles. The van der Waals surface area contributed by atoms with Gasteiger partial charge >= 0.3 is 0 Å². The van der Waals surface area contributed by atoms with E-state index in [1.165, 1.54) is 30.3 Å². The molecule has 0 atom stereocenters. The van der Waals surface area contributed by atoms with Crippen molar-refractivity contribution in [3.63, 3.8) is 0 Å². The van der Waals surface area contributed by atoms with Crippen LogP contribution in [0.5, 0.6) is 0 Å². The molecule has 2 aromatic carbocycles. The molecule has 2 aromatic rings. The summed E-state index contributed by atoms with van der Waals surface area (Å²) in [6.07, 6.45) is 0.202. The van der Waals surface area contributed by atoms with E-state index in [9.17, 15) is 21.6 Å². The Morgan fingerprint density at radius 2 is 1.66 bits per heavy atom. The summed E-state index contributed by atoms with van der Waals surface area (Å²) in [5.41, 5.74) is 0.00390. The van der Waals surface area contributed by atoms with Gasteiger partial charge in [0.05, 0.1) is 26.1 Å². The van der Waals surface area contributed by atoms with Gasteiger partial charge < -0.3 is 5.32 Å². The van der Waals surface area contributed by atoms with Gasteiger partial charge in [0.1, 0.15) is 0 Å². The zero-order valence-corrected chi connectivity index (χ0v) is 18.4. The summed E-state index contributed by atoms with van der Waals surface area (Å²) in [7, 11) is -7.21. The molecule has 0 saturated carbocycles. The van der Waals surface area contributed by atoms with Gasteiger partial charge in [-0.05, 0) is 50.6 Å². The summed E-state index contributed by atoms with van der Waals surface area (Å²) in [4.78, 5) is 12.6. The number of carbonyl (C=O) groups excluding carboxylic acids is 1. The van der Waals surface area contributed by atoms with E-state index in [4.69, 9.17) is 11.6 Å². The van der Waals surface area contributed by atoms with Crippen LogP contribution in [0.2, 0.25) is 5.02 Å². The van der Waals surface area contributed by atoms with Crippen LogP contribution in [-0.4, -0.2) is 41.1 Å². The molecule has 2 N–H and O–H groups in total. The third kappa shape index (κ3) is 6.53. The minimum atomic E-state index is -3.78. The number of carbonyl (C=O) groups is 1. The summed E-state index contributed by atoms with van der Waals surface area (Å²) in [5.74, 6) is -0.703. The second kappa shape index (κ2) is 9.71. The topological polar surface area (TPSA) is 109 Å². The number of amides is 1. The van der Waals surface area contributed by atoms with Gasteiger partial charge in [-0.3, -0.25) is 4.79 Å². The van der Waals surface area contributed by atoms with Crippen LogP contribution in [0.1, 0.15) is 30.6 Å². The van der Waals surface area contributed by atoms with Crippen molar-refractivity contribution < 1.29 is 21.6 Å². The van der Waals surface area contributed by atoms with Crippen molar-refractivity contribution in [2.24, 2.45) is 0 Å². The van der Waals surface area contributed by atoms with Crippen LogP contribution in [-0.2, 0) is 19.9 Å². The van der Waals surface area contributed by atoms with Crippen molar-refractivity contribution in [3.05, 3.63) is 59.1 Å². The number of sulfonamides is 1. The maximum atomic E-state index is 12.4. The van der Waals surface area contributed by atoms with Gasteiger partial charge in [-0.15, -0.1) is 0 Å². The third-order valence-electron chi connectivity index (χ3n) is 3.86. The molecule has 1 amide bonds. The predicted molar refractivity (Wildman–Crippen MR) is 112 cm³/mol. The fourth-order valence-corrected chi connectivity index (χ4v) is 5.34. The van der Waals surface area contributed by atoms with Gasteiger partial charge in [0.2, 0.25) is 10.0 Å². The molecule has 0 bridgehead atoms. The number of rotatable bonds is 9. The maximum absolute atomic E-state index is 12.4. The molecule has 2 rings (SSSR count). The number of sulfone groups is 1. The lowest BCUT2D eigenvalue weighted by Gasteiger charge is -2.12. The third-order valence-corrected chi connectivity index (χ3v) is 7.66. The molecule has 0 radical (unpaired) electrons. The Kier molecular flexibility index (Phi) is 7.81. The van der Waals surface area contributed by atoms with E-state index < -0.39 is 25.8 Å². The van der Waals surface area contributed by atoms with Crippen LogP contribution >= 0.6 is 11.6 Å². The molecule has 158 valence electrons. The second-order valence-electron chi connectivity index (χ2n) is 6.66. The average molecular weight is 459 g/mol. The van der Waals surface area contributed by atoms with Crippen molar-refractivity contribution in [3.8, 4) is 0 Å². The first-order chi connectivity index (χ1) is 13.5. The van der Waals surface area contributed by atoms with Gasteiger partial charge in [-0.25, -0.2) is 21.6 Å². The van der Waals surface area contributed by atoms with E-state index in [1.54, 1.807) is 32.0 Å². The Morgan fingerprint density at radius 1 is 1.00 bits per heavy atom. The molecule has 7 nitrogen and oxygen atoms in total. The van der Waals surface area contributed by atoms with Gasteiger partial charge in [0, 0.05) is 12.6 Å². The van der Waals surface area contributed by atoms with Crippen molar-refractivity contribution in [1.82, 2.24) is 10.0 Å². The second-order valence-corrected chi connectivity index (χ2v) is 10.9. The largest absolute Gasteiger partial charge is 0.352 e. The molecule has 0 saturated heterocycles. The van der Waals surface area contributed by atoms with Crippen LogP contribution in [0, 0.1) is 0 Å². The molecular formula is C19H23ClN2O5S2. The lowest BCUT2D eigenvalue weighted by atomic mass is 10.2. The molecule has 0 unspecified atom stereocenters. The summed E-state index contributed by atoms with van der Waals surface area (Å²) in [5, 5.41) is 2.68. The molecule has 0 spiro atoms. The number of benzene rings is 2. The predicted octanol–water partition coefficient (Wildman–Crippen LogP) is 2.62. The number of nitrogens with one attached hydrogen (secondary N) is 2. The van der Waals surface area contributed by atoms with Crippen LogP contribution in [0.3, 0.4) is 0 Å². The molecule has 29 heavy (non-hydrogen) atoms. The van der Waals surface area contributed by atoms with Gasteiger partial charge in [0.15, 0.2) is 9.84 Å². The fourth-order valence-electron chi connectivity index (χ4n) is 2.53. The van der Waals surface area contributed by atoms with Crippen molar-refractivity contribution in [2.75, 3.05) is 12.3 Å². The van der Waals surface area contributed by atoms with E-state index in [0.717, 1.165) is 0 Å². The highest BCUT2D eigenvalue weighted by Gasteiger charge is 2.20. The molecular weight excluding hydrogens is 436 g/mol. The molecule has 0 aliphatic rings. The van der Waals surface area contributed by atoms with Gasteiger partial charge in [-0.1, -0.05) is 29.8 Å². The number of hydrogen-bond donors (Lipinski definition) is 2. The van der Waals surface area contributed by atoms with Crippen LogP contribution in [0.25, 0.3) is 0 Å². The standard InChI is InChI=1S/C19H23ClN2O5S2/c1-14(2)22-29(26,27)16-9-10-18(20)17(13-16)19(23)21-11-6-12-28(24,25)15-7-4-3-5-8-15/h3-5,7-10,13-14,22H,6,11-12H2,1-2H3,(H,21,23). The lowest BCUT2D eigenvalue weighted by Crippen LogP contribution is -2.31. The molecule has 0 aliphatic heterocycles. The Labute approximate surface area is 176 Å². The summed E-state index contributed by atoms with van der Waals surface area (Å²) >= 11 is 6.04. The van der Waals surface area contributed by atoms with Crippen molar-refractivity contribution >= 4 is 37.4 Å². The SMILES string of the molecule is CC(C)NS(=O)(=O)c1ccc(Cl)c(C(=O)NCCCS(=O)(=O)c2ccccc2)c1. The normalized spacial score (nSPS) is 12.1. The number of hydrogen-bond acceptors (Lipinski definition) is 5. The van der Waals surface area contributed by atoms with Crippen molar-refractivity contribution in [2.45, 2.75) is 36.1 Å². The molecule has 10 heteroatoms. The molecule has 0 aliphatic carbocycles. The zero-order chi connectivity index (χ0) is 21.7. The van der Waals surface area contributed by atoms with E-state index in [-0.39, 0.29) is 45.1 Å². The van der Waals surface area contributed by atoms with E-state index in [1.807, 2.05) is 0 Å². The highest BCUT2D eigenvalue weighted by atomic mass is 35.5. The van der Waals surface area contributed by atoms with Crippen molar-refractivity contribution in [1.29, 1.82) is 0 Å². The maximum Gasteiger partial charge on any atom is 0.252 e. The highest BCUT2D eigenvalue weighted by Crippen LogP contribution is 2.21. The summed E-state index contributed by atoms with van der Waals surface area (Å²) < 4.78 is 51.5. The average Bonchev–Trinajstić information content (AvgIpc) is 2.65. The fraction of sp³-hybridized carbons (Fsp3) is 0.316. The highest BCUT2D eigenvalue weighted by molar-refractivity contribution is 7.91. The Balaban J connectivity index is 2.01. The smallest absolute Gasteiger partial charge is 0.252 e. The Morgan fingerprint density at radius 3 is 2.28 bits per heavy atom. The quantitative estimate of drug-likeness (QED) is 0.561. The first-order valence-electron chi connectivity index (χ1n) is 8.91. The van der Waals surface area contributed by atoms with Gasteiger partial charge in [-0.2, -0.15) is 0 Å². The monoisotopic (exact) mass is 458 g/mol. The van der Waals surface area contributed by atoms with Crippen LogP contribution in [0.15, 0.2) is 58.3 Å². The number of halogens is 1. The zero-order valence-electron chi connectivity index (χ0n) is 16.1. The Hall–Kier alpha value is -1.94. The minimum absolute atomic E-state index is 0.00390. The lowest BCUT2D eigenvalue weighted by molar-refractivity contribution is 0.0953. The van der Waals surface area contributed by atoms with Crippen LogP contribution in [0.4, 0.5) is 0 Å². The summed E-state index contributed by atoms with van der Waals surface area (Å²) in [6, 6.07) is 11.6. The van der Waals surface area contributed by atoms with E-state index >= 15 is 0 Å². The Bertz CT molecular complexity index is 1070. The van der Waals surface area contributed by atoms with E-state index in [0.29, 0.717) is 0 Å². The first kappa shape index (κ1) is 23.3. The molecule has 0 fully saturated rings. The van der Waals surface area contributed by atoms with Crippen LogP contribution < -0.4 is 10.0 Å². The summed E-state index contributed by atoms with van der Waals surface area (Å²) in [6.45, 7) is 3.47. The first-order valence-corrected chi connectivity index (χ1v) is 12.4. The van der Waals surface area contributed by atoms with E-state index in [2.05, 4.69) is 10.0 Å². The minimum Gasteiger partial charge on any atom is -0.352 e.